The molecule has 0 bridgehead atoms. The first-order chi connectivity index (χ1) is 13.7. The predicted octanol–water partition coefficient (Wildman–Crippen LogP) is 2.91. The van der Waals surface area contributed by atoms with Crippen molar-refractivity contribution in [2.75, 3.05) is 18.4 Å². The second kappa shape index (κ2) is 9.67. The van der Waals surface area contributed by atoms with Crippen molar-refractivity contribution in [1.82, 2.24) is 9.62 Å². The molecule has 0 spiro atoms. The van der Waals surface area contributed by atoms with Crippen molar-refractivity contribution in [2.24, 2.45) is 0 Å². The molecule has 0 aliphatic rings. The number of carbonyl (C=O) groups is 2. The summed E-state index contributed by atoms with van der Waals surface area (Å²) in [5.41, 5.74) is 2.33. The van der Waals surface area contributed by atoms with Gasteiger partial charge in [0.1, 0.15) is 0 Å². The van der Waals surface area contributed by atoms with E-state index < -0.39 is 10.0 Å². The summed E-state index contributed by atoms with van der Waals surface area (Å²) in [7, 11) is -3.66. The van der Waals surface area contributed by atoms with E-state index in [0.717, 1.165) is 5.56 Å². The third-order valence-corrected chi connectivity index (χ3v) is 6.67. The lowest BCUT2D eigenvalue weighted by molar-refractivity contribution is -0.114. The predicted molar refractivity (Wildman–Crippen MR) is 113 cm³/mol. The van der Waals surface area contributed by atoms with Crippen molar-refractivity contribution in [3.8, 4) is 0 Å². The normalized spacial score (nSPS) is 11.3. The molecule has 0 saturated carbocycles. The van der Waals surface area contributed by atoms with E-state index in [9.17, 15) is 18.0 Å². The minimum Gasteiger partial charge on any atom is -0.348 e. The fourth-order valence-corrected chi connectivity index (χ4v) is 4.68. The van der Waals surface area contributed by atoms with Gasteiger partial charge in [-0.1, -0.05) is 32.0 Å². The highest BCUT2D eigenvalue weighted by atomic mass is 32.2. The van der Waals surface area contributed by atoms with Gasteiger partial charge in [0.05, 0.1) is 4.90 Å². The number of amides is 2. The van der Waals surface area contributed by atoms with E-state index >= 15 is 0 Å². The highest BCUT2D eigenvalue weighted by molar-refractivity contribution is 7.89. The van der Waals surface area contributed by atoms with Gasteiger partial charge in [0.25, 0.3) is 5.91 Å². The quantitative estimate of drug-likeness (QED) is 0.690. The number of anilines is 1. The van der Waals surface area contributed by atoms with Crippen LogP contribution in [0.15, 0.2) is 47.4 Å². The molecule has 0 saturated heterocycles. The number of hydrogen-bond donors (Lipinski definition) is 2. The Labute approximate surface area is 172 Å². The van der Waals surface area contributed by atoms with Crippen molar-refractivity contribution in [3.63, 3.8) is 0 Å². The lowest BCUT2D eigenvalue weighted by Crippen LogP contribution is -2.31. The SMILES string of the molecule is CCN(CC)S(=O)(=O)c1cc(C(=O)NCc2cccc(NC(C)=O)c2)ccc1C. The molecule has 2 amide bonds. The number of carbonyl (C=O) groups excluding carboxylic acids is 2. The van der Waals surface area contributed by atoms with Gasteiger partial charge in [-0.3, -0.25) is 9.59 Å². The number of benzene rings is 2. The Morgan fingerprint density at radius 1 is 1.03 bits per heavy atom. The fourth-order valence-electron chi connectivity index (χ4n) is 2.97. The van der Waals surface area contributed by atoms with Crippen molar-refractivity contribution in [1.29, 1.82) is 0 Å². The summed E-state index contributed by atoms with van der Waals surface area (Å²) in [6.45, 7) is 7.67. The maximum Gasteiger partial charge on any atom is 0.251 e. The monoisotopic (exact) mass is 417 g/mol. The number of rotatable bonds is 8. The smallest absolute Gasteiger partial charge is 0.251 e. The van der Waals surface area contributed by atoms with Gasteiger partial charge in [-0.2, -0.15) is 4.31 Å². The zero-order chi connectivity index (χ0) is 21.6. The molecule has 8 heteroatoms. The number of hydrogen-bond acceptors (Lipinski definition) is 4. The van der Waals surface area contributed by atoms with Gasteiger partial charge >= 0.3 is 0 Å². The van der Waals surface area contributed by atoms with Crippen LogP contribution in [0.1, 0.15) is 42.3 Å². The van der Waals surface area contributed by atoms with Gasteiger partial charge in [-0.15, -0.1) is 0 Å². The van der Waals surface area contributed by atoms with Crippen LogP contribution in [0.3, 0.4) is 0 Å². The summed E-state index contributed by atoms with van der Waals surface area (Å²) >= 11 is 0. The molecule has 29 heavy (non-hydrogen) atoms. The van der Waals surface area contributed by atoms with Gasteiger partial charge < -0.3 is 10.6 Å². The highest BCUT2D eigenvalue weighted by Gasteiger charge is 2.24. The molecule has 0 aliphatic heterocycles. The van der Waals surface area contributed by atoms with Crippen LogP contribution in [0, 0.1) is 6.92 Å². The molecular weight excluding hydrogens is 390 g/mol. The second-order valence-electron chi connectivity index (χ2n) is 6.63. The minimum absolute atomic E-state index is 0.140. The highest BCUT2D eigenvalue weighted by Crippen LogP contribution is 2.21. The second-order valence-corrected chi connectivity index (χ2v) is 8.54. The number of sulfonamides is 1. The molecule has 0 aliphatic carbocycles. The van der Waals surface area contributed by atoms with Crippen LogP contribution in [0.4, 0.5) is 5.69 Å². The van der Waals surface area contributed by atoms with Crippen LogP contribution in [-0.4, -0.2) is 37.6 Å². The molecule has 7 nitrogen and oxygen atoms in total. The molecule has 2 aromatic rings. The van der Waals surface area contributed by atoms with Crippen LogP contribution in [-0.2, 0) is 21.4 Å². The molecule has 156 valence electrons. The molecular formula is C21H27N3O4S. The van der Waals surface area contributed by atoms with E-state index in [0.29, 0.717) is 24.3 Å². The zero-order valence-electron chi connectivity index (χ0n) is 17.2. The standard InChI is InChI=1S/C21H27N3O4S/c1-5-24(6-2)29(27,28)20-13-18(11-10-15(20)3)21(26)22-14-17-8-7-9-19(12-17)23-16(4)25/h7-13H,5-6,14H2,1-4H3,(H,22,26)(H,23,25). The Bertz CT molecular complexity index is 999. The lowest BCUT2D eigenvalue weighted by atomic mass is 10.1. The molecule has 2 N–H and O–H groups in total. The summed E-state index contributed by atoms with van der Waals surface area (Å²) < 4.78 is 27.1. The van der Waals surface area contributed by atoms with Crippen LogP contribution in [0.2, 0.25) is 0 Å². The Morgan fingerprint density at radius 2 is 1.72 bits per heavy atom. The zero-order valence-corrected chi connectivity index (χ0v) is 18.0. The fraction of sp³-hybridized carbons (Fsp3) is 0.333. The van der Waals surface area contributed by atoms with E-state index in [1.165, 1.54) is 17.3 Å². The average molecular weight is 418 g/mol. The Morgan fingerprint density at radius 3 is 2.34 bits per heavy atom. The van der Waals surface area contributed by atoms with Crippen LogP contribution < -0.4 is 10.6 Å². The maximum absolute atomic E-state index is 12.9. The molecule has 0 radical (unpaired) electrons. The first-order valence-corrected chi connectivity index (χ1v) is 10.9. The Kier molecular flexibility index (Phi) is 7.53. The van der Waals surface area contributed by atoms with E-state index in [4.69, 9.17) is 0 Å². The van der Waals surface area contributed by atoms with Crippen LogP contribution >= 0.6 is 0 Å². The van der Waals surface area contributed by atoms with E-state index in [2.05, 4.69) is 10.6 Å². The van der Waals surface area contributed by atoms with Crippen molar-refractivity contribution < 1.29 is 18.0 Å². The average Bonchev–Trinajstić information content (AvgIpc) is 2.67. The first kappa shape index (κ1) is 22.6. The molecule has 0 unspecified atom stereocenters. The van der Waals surface area contributed by atoms with Gasteiger partial charge in [0.2, 0.25) is 15.9 Å². The van der Waals surface area contributed by atoms with Crippen molar-refractivity contribution >= 4 is 27.5 Å². The number of nitrogens with one attached hydrogen (secondary N) is 2. The molecule has 0 fully saturated rings. The van der Waals surface area contributed by atoms with Crippen molar-refractivity contribution in [3.05, 3.63) is 59.2 Å². The van der Waals surface area contributed by atoms with E-state index in [1.54, 1.807) is 51.1 Å². The minimum atomic E-state index is -3.66. The maximum atomic E-state index is 12.9. The largest absolute Gasteiger partial charge is 0.348 e. The number of nitrogens with zero attached hydrogens (tertiary/aromatic N) is 1. The van der Waals surface area contributed by atoms with E-state index in [-0.39, 0.29) is 28.8 Å². The summed E-state index contributed by atoms with van der Waals surface area (Å²) in [6, 6.07) is 11.8. The number of aryl methyl sites for hydroxylation is 1. The summed E-state index contributed by atoms with van der Waals surface area (Å²) in [5, 5.41) is 5.48. The molecule has 2 rings (SSSR count). The molecule has 0 aromatic heterocycles. The van der Waals surface area contributed by atoms with Gasteiger partial charge in [-0.25, -0.2) is 8.42 Å². The third kappa shape index (κ3) is 5.65. The van der Waals surface area contributed by atoms with Gasteiger partial charge in [0.15, 0.2) is 0 Å². The van der Waals surface area contributed by atoms with Crippen LogP contribution in [0.5, 0.6) is 0 Å². The van der Waals surface area contributed by atoms with Gasteiger partial charge in [-0.05, 0) is 42.3 Å². The summed E-state index contributed by atoms with van der Waals surface area (Å²) in [4.78, 5) is 23.9. The molecule has 0 atom stereocenters. The Hall–Kier alpha value is -2.71. The third-order valence-electron chi connectivity index (χ3n) is 4.47. The first-order valence-electron chi connectivity index (χ1n) is 9.44. The van der Waals surface area contributed by atoms with Crippen molar-refractivity contribution in [2.45, 2.75) is 39.1 Å². The topological polar surface area (TPSA) is 95.6 Å². The van der Waals surface area contributed by atoms with Crippen LogP contribution in [0.25, 0.3) is 0 Å². The lowest BCUT2D eigenvalue weighted by Gasteiger charge is -2.20. The summed E-state index contributed by atoms with van der Waals surface area (Å²) in [6.07, 6.45) is 0. The van der Waals surface area contributed by atoms with Gasteiger partial charge in [0, 0.05) is 37.8 Å². The van der Waals surface area contributed by atoms with E-state index in [1.807, 2.05) is 6.07 Å². The summed E-state index contributed by atoms with van der Waals surface area (Å²) in [5.74, 6) is -0.543. The molecule has 2 aromatic carbocycles. The Balaban J connectivity index is 2.19. The molecule has 0 heterocycles.